The lowest BCUT2D eigenvalue weighted by molar-refractivity contribution is 0.0541. The molecule has 1 aliphatic rings. The van der Waals surface area contributed by atoms with E-state index in [1.54, 1.807) is 36.4 Å². The van der Waals surface area contributed by atoms with Crippen LogP contribution in [0.1, 0.15) is 28.5 Å². The number of nitrogens with zero attached hydrogens (tertiary/aromatic N) is 1. The van der Waals surface area contributed by atoms with Gasteiger partial charge in [-0.15, -0.1) is 0 Å². The second kappa shape index (κ2) is 12.2. The zero-order valence-corrected chi connectivity index (χ0v) is 24.4. The van der Waals surface area contributed by atoms with Crippen LogP contribution in [0.2, 0.25) is 0 Å². The summed E-state index contributed by atoms with van der Waals surface area (Å²) in [5.41, 5.74) is 5.17. The molecule has 0 fully saturated rings. The number of aliphatic imine (C=N–C) groups is 1. The van der Waals surface area contributed by atoms with Crippen molar-refractivity contribution >= 4 is 33.1 Å². The van der Waals surface area contributed by atoms with Gasteiger partial charge in [-0.3, -0.25) is 25.1 Å². The Morgan fingerprint density at radius 3 is 2.43 bits per heavy atom. The van der Waals surface area contributed by atoms with Gasteiger partial charge in [-0.1, -0.05) is 72.5 Å². The van der Waals surface area contributed by atoms with E-state index >= 15 is 0 Å². The number of rotatable bonds is 12. The van der Waals surface area contributed by atoms with Gasteiger partial charge in [0.2, 0.25) is 15.7 Å². The van der Waals surface area contributed by atoms with Crippen molar-refractivity contribution in [3.8, 4) is 11.6 Å². The highest BCUT2D eigenvalue weighted by molar-refractivity contribution is 7.96. The molecule has 9 nitrogen and oxygen atoms in total. The van der Waals surface area contributed by atoms with Crippen molar-refractivity contribution in [3.63, 3.8) is 0 Å². The first kappa shape index (κ1) is 29.1. The van der Waals surface area contributed by atoms with E-state index in [2.05, 4.69) is 22.0 Å². The maximum absolute atomic E-state index is 13.0. The molecular weight excluding hydrogens is 574 g/mol. The van der Waals surface area contributed by atoms with Gasteiger partial charge in [0.1, 0.15) is 24.5 Å². The number of aromatic nitrogens is 1. The van der Waals surface area contributed by atoms with Gasteiger partial charge in [0, 0.05) is 12.6 Å². The molecule has 1 unspecified atom stereocenters. The van der Waals surface area contributed by atoms with Gasteiger partial charge in [0.25, 0.3) is 0 Å². The number of aromatic hydroxyl groups is 1. The fourth-order valence-corrected chi connectivity index (χ4v) is 6.48. The Labute approximate surface area is 247 Å². The minimum atomic E-state index is -3.64. The van der Waals surface area contributed by atoms with E-state index in [0.29, 0.717) is 29.4 Å². The molecule has 11 heteroatoms. The van der Waals surface area contributed by atoms with Crippen molar-refractivity contribution in [2.45, 2.75) is 23.8 Å². The third kappa shape index (κ3) is 6.54. The highest BCUT2D eigenvalue weighted by Crippen LogP contribution is 2.35. The maximum atomic E-state index is 13.0. The molecule has 5 rings (SSSR count). The minimum Gasteiger partial charge on any atom is -0.494 e. The quantitative estimate of drug-likeness (QED) is 0.154. The highest BCUT2D eigenvalue weighted by atomic mass is 32.2. The van der Waals surface area contributed by atoms with Crippen LogP contribution in [0, 0.1) is 0 Å². The minimum absolute atomic E-state index is 0.0901. The summed E-state index contributed by atoms with van der Waals surface area (Å²) in [6.07, 6.45) is 3.54. The second-order valence-corrected chi connectivity index (χ2v) is 12.7. The van der Waals surface area contributed by atoms with Crippen LogP contribution in [0.15, 0.2) is 111 Å². The molecule has 0 radical (unpaired) electrons. The van der Waals surface area contributed by atoms with Crippen LogP contribution in [-0.4, -0.2) is 37.9 Å². The third-order valence-corrected chi connectivity index (χ3v) is 9.31. The first-order valence-electron chi connectivity index (χ1n) is 13.0. The predicted octanol–water partition coefficient (Wildman–Crippen LogP) is 4.96. The van der Waals surface area contributed by atoms with Crippen LogP contribution in [0.25, 0.3) is 5.70 Å². The van der Waals surface area contributed by atoms with E-state index in [1.165, 1.54) is 6.21 Å². The Morgan fingerprint density at radius 1 is 1.05 bits per heavy atom. The highest BCUT2D eigenvalue weighted by Gasteiger charge is 2.32. The molecule has 216 valence electrons. The average Bonchev–Trinajstić information content (AvgIpc) is 3.56. The second-order valence-electron chi connectivity index (χ2n) is 9.73. The SMILES string of the molecule is C=C(NOCCOc1ccc(Cc2sc(=O)[nH]c2O)cc1)c1ccc(C2(C)C=C(S(=O)(=O)c3ccccc3)C=N2)cc1. The van der Waals surface area contributed by atoms with E-state index in [4.69, 9.17) is 9.57 Å². The number of aromatic amines is 1. The molecule has 0 spiro atoms. The maximum Gasteiger partial charge on any atom is 0.307 e. The van der Waals surface area contributed by atoms with Gasteiger partial charge < -0.3 is 9.84 Å². The molecule has 1 aliphatic heterocycles. The molecule has 3 aromatic carbocycles. The van der Waals surface area contributed by atoms with E-state index in [-0.39, 0.29) is 27.2 Å². The van der Waals surface area contributed by atoms with Gasteiger partial charge >= 0.3 is 4.87 Å². The number of hydrogen-bond acceptors (Lipinski definition) is 9. The zero-order valence-electron chi connectivity index (χ0n) is 22.7. The molecule has 1 aromatic heterocycles. The largest absolute Gasteiger partial charge is 0.494 e. The van der Waals surface area contributed by atoms with Crippen molar-refractivity contribution in [2.75, 3.05) is 13.2 Å². The lowest BCUT2D eigenvalue weighted by Crippen LogP contribution is -2.18. The van der Waals surface area contributed by atoms with Crippen molar-refractivity contribution in [1.29, 1.82) is 0 Å². The number of thiazole rings is 1. The summed E-state index contributed by atoms with van der Waals surface area (Å²) in [4.78, 5) is 24.4. The van der Waals surface area contributed by atoms with Crippen molar-refractivity contribution in [2.24, 2.45) is 4.99 Å². The number of allylic oxidation sites excluding steroid dienone is 1. The molecule has 1 atom stereocenters. The number of hydrogen-bond donors (Lipinski definition) is 3. The number of ether oxygens (including phenoxy) is 1. The average molecular weight is 604 g/mol. The number of H-pyrrole nitrogens is 1. The van der Waals surface area contributed by atoms with E-state index in [0.717, 1.165) is 28.0 Å². The van der Waals surface area contributed by atoms with Crippen LogP contribution < -0.4 is 15.1 Å². The van der Waals surface area contributed by atoms with Crippen LogP contribution in [0.4, 0.5) is 0 Å². The first-order chi connectivity index (χ1) is 20.1. The van der Waals surface area contributed by atoms with Gasteiger partial charge in [-0.2, -0.15) is 0 Å². The Bertz CT molecular complexity index is 1790. The van der Waals surface area contributed by atoms with E-state index in [9.17, 15) is 18.3 Å². The molecule has 42 heavy (non-hydrogen) atoms. The van der Waals surface area contributed by atoms with Gasteiger partial charge in [0.15, 0.2) is 0 Å². The number of nitrogens with one attached hydrogen (secondary N) is 2. The molecule has 0 saturated carbocycles. The van der Waals surface area contributed by atoms with Gasteiger partial charge in [-0.05, 0) is 54.0 Å². The smallest absolute Gasteiger partial charge is 0.307 e. The number of sulfone groups is 1. The van der Waals surface area contributed by atoms with Crippen molar-refractivity contribution in [3.05, 3.63) is 128 Å². The van der Waals surface area contributed by atoms with Crippen LogP contribution >= 0.6 is 11.3 Å². The Kier molecular flexibility index (Phi) is 8.44. The summed E-state index contributed by atoms with van der Waals surface area (Å²) in [5, 5.41) is 9.74. The molecule has 0 amide bonds. The Balaban J connectivity index is 1.09. The third-order valence-electron chi connectivity index (χ3n) is 6.70. The summed E-state index contributed by atoms with van der Waals surface area (Å²) >= 11 is 0.989. The van der Waals surface area contributed by atoms with E-state index < -0.39 is 15.4 Å². The molecule has 4 aromatic rings. The zero-order chi connectivity index (χ0) is 29.7. The normalized spacial score (nSPS) is 16.3. The lowest BCUT2D eigenvalue weighted by atomic mass is 9.92. The van der Waals surface area contributed by atoms with E-state index in [1.807, 2.05) is 55.5 Å². The monoisotopic (exact) mass is 603 g/mol. The molecule has 0 aliphatic carbocycles. The summed E-state index contributed by atoms with van der Waals surface area (Å²) in [7, 11) is -3.64. The summed E-state index contributed by atoms with van der Waals surface area (Å²) in [6.45, 7) is 6.45. The summed E-state index contributed by atoms with van der Waals surface area (Å²) in [6, 6.07) is 23.2. The van der Waals surface area contributed by atoms with Crippen LogP contribution in [-0.2, 0) is 26.6 Å². The van der Waals surface area contributed by atoms with Crippen molar-refractivity contribution in [1.82, 2.24) is 10.5 Å². The first-order valence-corrected chi connectivity index (χ1v) is 15.3. The fourth-order valence-electron chi connectivity index (χ4n) is 4.36. The Morgan fingerprint density at radius 2 is 1.76 bits per heavy atom. The molecule has 0 saturated heterocycles. The lowest BCUT2D eigenvalue weighted by Gasteiger charge is -2.19. The van der Waals surface area contributed by atoms with Crippen LogP contribution in [0.3, 0.4) is 0 Å². The number of benzene rings is 3. The van der Waals surface area contributed by atoms with Gasteiger partial charge in [0.05, 0.1) is 20.4 Å². The predicted molar refractivity (Wildman–Crippen MR) is 163 cm³/mol. The summed E-state index contributed by atoms with van der Waals surface area (Å²) in [5.74, 6) is 0.577. The molecule has 3 N–H and O–H groups in total. The standard InChI is InChI=1S/C31H29N3O6S2/c1-21(34-40-17-16-39-25-14-8-22(9-15-25)18-28-29(35)33-30(36)41-28)23-10-12-24(13-11-23)31(2)19-27(20-32-31)42(37,38)26-6-4-3-5-7-26/h3-15,19-20,34-35H,1,16-18H2,2H3,(H,33,36). The van der Waals surface area contributed by atoms with Crippen LogP contribution in [0.5, 0.6) is 11.6 Å². The topological polar surface area (TPSA) is 130 Å². The van der Waals surface area contributed by atoms with Crippen molar-refractivity contribution < 1.29 is 23.1 Å². The fraction of sp³-hybridized carbons (Fsp3) is 0.161. The molecular formula is C31H29N3O6S2. The number of hydroxylamine groups is 1. The summed E-state index contributed by atoms with van der Waals surface area (Å²) < 4.78 is 31.7. The van der Waals surface area contributed by atoms with Gasteiger partial charge in [-0.25, -0.2) is 8.42 Å². The Hall–Kier alpha value is -4.45. The molecule has 2 heterocycles. The molecule has 0 bridgehead atoms.